The van der Waals surface area contributed by atoms with Gasteiger partial charge < -0.3 is 19.5 Å². The SMILES string of the molecule is Cc1cc(Br)ccc1NC(=O)CN(C)C(=O)CN(C)C(=O)c1ccco1. The van der Waals surface area contributed by atoms with E-state index in [0.717, 1.165) is 10.0 Å². The van der Waals surface area contributed by atoms with Crippen LogP contribution in [0.1, 0.15) is 16.1 Å². The lowest BCUT2D eigenvalue weighted by Crippen LogP contribution is -2.42. The van der Waals surface area contributed by atoms with Crippen LogP contribution in [0.5, 0.6) is 0 Å². The molecule has 1 N–H and O–H groups in total. The first-order valence-corrected chi connectivity index (χ1v) is 8.66. The second-order valence-electron chi connectivity index (χ2n) is 5.90. The number of amides is 3. The van der Waals surface area contributed by atoms with Crippen LogP contribution in [0.2, 0.25) is 0 Å². The Morgan fingerprint density at radius 3 is 2.46 bits per heavy atom. The number of carbonyl (C=O) groups excluding carboxylic acids is 3. The molecule has 3 amide bonds. The van der Waals surface area contributed by atoms with E-state index in [1.165, 1.54) is 36.2 Å². The van der Waals surface area contributed by atoms with Gasteiger partial charge in [-0.2, -0.15) is 0 Å². The van der Waals surface area contributed by atoms with E-state index in [1.807, 2.05) is 19.1 Å². The second-order valence-corrected chi connectivity index (χ2v) is 6.81. The monoisotopic (exact) mass is 421 g/mol. The molecule has 0 spiro atoms. The number of benzene rings is 1. The van der Waals surface area contributed by atoms with E-state index >= 15 is 0 Å². The molecule has 8 heteroatoms. The summed E-state index contributed by atoms with van der Waals surface area (Å²) in [4.78, 5) is 39.0. The van der Waals surface area contributed by atoms with Crippen molar-refractivity contribution in [3.63, 3.8) is 0 Å². The van der Waals surface area contributed by atoms with Gasteiger partial charge in [-0.05, 0) is 42.8 Å². The molecule has 138 valence electrons. The number of rotatable bonds is 6. The maximum Gasteiger partial charge on any atom is 0.289 e. The molecule has 0 saturated carbocycles. The number of hydrogen-bond donors (Lipinski definition) is 1. The van der Waals surface area contributed by atoms with Crippen LogP contribution in [-0.2, 0) is 9.59 Å². The average molecular weight is 422 g/mol. The lowest BCUT2D eigenvalue weighted by Gasteiger charge is -2.21. The highest BCUT2D eigenvalue weighted by Crippen LogP contribution is 2.19. The summed E-state index contributed by atoms with van der Waals surface area (Å²) in [6, 6.07) is 8.63. The van der Waals surface area contributed by atoms with E-state index in [-0.39, 0.29) is 30.7 Å². The third kappa shape index (κ3) is 5.19. The summed E-state index contributed by atoms with van der Waals surface area (Å²) in [5, 5.41) is 2.77. The fourth-order valence-corrected chi connectivity index (χ4v) is 2.72. The first-order valence-electron chi connectivity index (χ1n) is 7.87. The molecular formula is C18H20BrN3O4. The Bertz CT molecular complexity index is 805. The first kappa shape index (κ1) is 19.7. The summed E-state index contributed by atoms with van der Waals surface area (Å²) in [7, 11) is 3.02. The molecule has 0 aliphatic carbocycles. The molecule has 0 radical (unpaired) electrons. The van der Waals surface area contributed by atoms with Crippen molar-refractivity contribution in [3.8, 4) is 0 Å². The van der Waals surface area contributed by atoms with Crippen LogP contribution < -0.4 is 5.32 Å². The van der Waals surface area contributed by atoms with Crippen molar-refractivity contribution < 1.29 is 18.8 Å². The lowest BCUT2D eigenvalue weighted by molar-refractivity contribution is -0.133. The van der Waals surface area contributed by atoms with Gasteiger partial charge in [0.1, 0.15) is 0 Å². The molecule has 1 aromatic heterocycles. The van der Waals surface area contributed by atoms with Gasteiger partial charge in [0.25, 0.3) is 5.91 Å². The van der Waals surface area contributed by atoms with Crippen molar-refractivity contribution in [1.82, 2.24) is 9.80 Å². The molecule has 0 aliphatic heterocycles. The van der Waals surface area contributed by atoms with Crippen LogP contribution in [0, 0.1) is 6.92 Å². The molecule has 1 heterocycles. The van der Waals surface area contributed by atoms with E-state index < -0.39 is 5.91 Å². The highest BCUT2D eigenvalue weighted by atomic mass is 79.9. The summed E-state index contributed by atoms with van der Waals surface area (Å²) >= 11 is 3.37. The number of furan rings is 1. The quantitative estimate of drug-likeness (QED) is 0.776. The number of likely N-dealkylation sites (N-methyl/N-ethyl adjacent to an activating group) is 2. The van der Waals surface area contributed by atoms with Gasteiger partial charge in [0.2, 0.25) is 11.8 Å². The van der Waals surface area contributed by atoms with Crippen LogP contribution in [0.3, 0.4) is 0 Å². The number of carbonyl (C=O) groups is 3. The molecule has 0 bridgehead atoms. The molecule has 0 aliphatic rings. The topological polar surface area (TPSA) is 82.9 Å². The molecule has 0 atom stereocenters. The van der Waals surface area contributed by atoms with Crippen molar-refractivity contribution in [3.05, 3.63) is 52.4 Å². The molecule has 0 unspecified atom stereocenters. The van der Waals surface area contributed by atoms with Gasteiger partial charge in [0.05, 0.1) is 19.4 Å². The Kier molecular flexibility index (Phi) is 6.57. The van der Waals surface area contributed by atoms with Gasteiger partial charge in [-0.15, -0.1) is 0 Å². The highest BCUT2D eigenvalue weighted by molar-refractivity contribution is 9.10. The molecule has 2 rings (SSSR count). The van der Waals surface area contributed by atoms with Gasteiger partial charge in [-0.3, -0.25) is 14.4 Å². The predicted molar refractivity (Wildman–Crippen MR) is 101 cm³/mol. The van der Waals surface area contributed by atoms with E-state index in [4.69, 9.17) is 4.42 Å². The van der Waals surface area contributed by atoms with Crippen molar-refractivity contribution in [2.24, 2.45) is 0 Å². The van der Waals surface area contributed by atoms with Crippen molar-refractivity contribution in [2.45, 2.75) is 6.92 Å². The molecule has 0 saturated heterocycles. The van der Waals surface area contributed by atoms with Crippen molar-refractivity contribution in [2.75, 3.05) is 32.5 Å². The maximum absolute atomic E-state index is 12.2. The summed E-state index contributed by atoms with van der Waals surface area (Å²) in [5.41, 5.74) is 1.59. The van der Waals surface area contributed by atoms with Gasteiger partial charge in [0.15, 0.2) is 5.76 Å². The normalized spacial score (nSPS) is 10.3. The zero-order valence-corrected chi connectivity index (χ0v) is 16.4. The van der Waals surface area contributed by atoms with Gasteiger partial charge >= 0.3 is 0 Å². The molecule has 26 heavy (non-hydrogen) atoms. The van der Waals surface area contributed by atoms with Gasteiger partial charge in [-0.25, -0.2) is 0 Å². The minimum Gasteiger partial charge on any atom is -0.459 e. The van der Waals surface area contributed by atoms with E-state index in [2.05, 4.69) is 21.2 Å². The summed E-state index contributed by atoms with van der Waals surface area (Å²) in [6.45, 7) is 1.61. The van der Waals surface area contributed by atoms with Crippen LogP contribution in [0.25, 0.3) is 0 Å². The standard InChI is InChI=1S/C18H20BrN3O4/c1-12-9-13(19)6-7-14(12)20-16(23)10-21(2)17(24)11-22(3)18(25)15-5-4-8-26-15/h4-9H,10-11H2,1-3H3,(H,20,23). The van der Waals surface area contributed by atoms with Crippen LogP contribution in [0.15, 0.2) is 45.5 Å². The Labute approximate surface area is 160 Å². The van der Waals surface area contributed by atoms with Crippen LogP contribution >= 0.6 is 15.9 Å². The zero-order valence-electron chi connectivity index (χ0n) is 14.8. The second kappa shape index (κ2) is 8.66. The molecule has 2 aromatic rings. The molecule has 7 nitrogen and oxygen atoms in total. The molecule has 1 aromatic carbocycles. The number of nitrogens with zero attached hydrogens (tertiary/aromatic N) is 2. The highest BCUT2D eigenvalue weighted by Gasteiger charge is 2.20. The number of halogens is 1. The largest absolute Gasteiger partial charge is 0.459 e. The Morgan fingerprint density at radius 2 is 1.85 bits per heavy atom. The van der Waals surface area contributed by atoms with E-state index in [0.29, 0.717) is 5.69 Å². The van der Waals surface area contributed by atoms with Crippen molar-refractivity contribution >= 4 is 39.3 Å². The maximum atomic E-state index is 12.2. The van der Waals surface area contributed by atoms with Gasteiger partial charge in [-0.1, -0.05) is 15.9 Å². The molecular weight excluding hydrogens is 402 g/mol. The fourth-order valence-electron chi connectivity index (χ4n) is 2.24. The minimum absolute atomic E-state index is 0.114. The van der Waals surface area contributed by atoms with Gasteiger partial charge in [0, 0.05) is 24.3 Å². The number of anilines is 1. The van der Waals surface area contributed by atoms with Crippen LogP contribution in [0.4, 0.5) is 5.69 Å². The number of aryl methyl sites for hydroxylation is 1. The summed E-state index contributed by atoms with van der Waals surface area (Å²) in [6.07, 6.45) is 1.39. The predicted octanol–water partition coefficient (Wildman–Crippen LogP) is 2.52. The van der Waals surface area contributed by atoms with Crippen LogP contribution in [-0.4, -0.2) is 54.7 Å². The average Bonchev–Trinajstić information content (AvgIpc) is 3.11. The van der Waals surface area contributed by atoms with E-state index in [1.54, 1.807) is 12.1 Å². The smallest absolute Gasteiger partial charge is 0.289 e. The zero-order chi connectivity index (χ0) is 19.3. The number of hydrogen-bond acceptors (Lipinski definition) is 4. The fraction of sp³-hybridized carbons (Fsp3) is 0.278. The third-order valence-corrected chi connectivity index (χ3v) is 4.21. The first-order chi connectivity index (χ1) is 12.3. The molecule has 0 fully saturated rings. The lowest BCUT2D eigenvalue weighted by atomic mass is 10.2. The van der Waals surface area contributed by atoms with E-state index in [9.17, 15) is 14.4 Å². The number of nitrogens with one attached hydrogen (secondary N) is 1. The Balaban J connectivity index is 1.87. The Morgan fingerprint density at radius 1 is 1.12 bits per heavy atom. The summed E-state index contributed by atoms with van der Waals surface area (Å²) < 4.78 is 5.95. The minimum atomic E-state index is -0.397. The third-order valence-electron chi connectivity index (χ3n) is 3.72. The Hall–Kier alpha value is -2.61. The van der Waals surface area contributed by atoms with Crippen molar-refractivity contribution in [1.29, 1.82) is 0 Å². The summed E-state index contributed by atoms with van der Waals surface area (Å²) in [5.74, 6) is -0.903.